The molecule has 1 aromatic rings. The third kappa shape index (κ3) is 2.32. The highest BCUT2D eigenvalue weighted by Crippen LogP contribution is 2.36. The van der Waals surface area contributed by atoms with E-state index in [4.69, 9.17) is 0 Å². The lowest BCUT2D eigenvalue weighted by Gasteiger charge is -2.04. The highest BCUT2D eigenvalue weighted by atomic mass is 19.1. The Hall–Kier alpha value is -1.45. The fourth-order valence-corrected chi connectivity index (χ4v) is 1.56. The van der Waals surface area contributed by atoms with Crippen LogP contribution in [0.5, 0.6) is 0 Å². The SMILES string of the molecule is CC1CC1CNC(=O)c1cccnc1F. The summed E-state index contributed by atoms with van der Waals surface area (Å²) in [6.45, 7) is 2.77. The topological polar surface area (TPSA) is 42.0 Å². The highest BCUT2D eigenvalue weighted by Gasteiger charge is 2.32. The molecule has 1 heterocycles. The molecule has 0 radical (unpaired) electrons. The Morgan fingerprint density at radius 1 is 1.73 bits per heavy atom. The highest BCUT2D eigenvalue weighted by molar-refractivity contribution is 5.94. The van der Waals surface area contributed by atoms with E-state index in [9.17, 15) is 9.18 Å². The van der Waals surface area contributed by atoms with Crippen molar-refractivity contribution < 1.29 is 9.18 Å². The van der Waals surface area contributed by atoms with Crippen molar-refractivity contribution in [3.8, 4) is 0 Å². The molecule has 80 valence electrons. The van der Waals surface area contributed by atoms with E-state index in [1.54, 1.807) is 6.07 Å². The van der Waals surface area contributed by atoms with Crippen molar-refractivity contribution in [2.24, 2.45) is 11.8 Å². The second kappa shape index (κ2) is 3.96. The summed E-state index contributed by atoms with van der Waals surface area (Å²) in [5.41, 5.74) is 0.0193. The molecule has 2 unspecified atom stereocenters. The molecule has 1 aliphatic carbocycles. The first-order valence-electron chi connectivity index (χ1n) is 5.07. The Morgan fingerprint density at radius 3 is 3.07 bits per heavy atom. The van der Waals surface area contributed by atoms with Crippen LogP contribution < -0.4 is 5.32 Å². The van der Waals surface area contributed by atoms with E-state index < -0.39 is 5.95 Å². The van der Waals surface area contributed by atoms with Gasteiger partial charge in [0.15, 0.2) is 0 Å². The third-order valence-corrected chi connectivity index (χ3v) is 2.80. The molecular formula is C11H13FN2O. The summed E-state index contributed by atoms with van der Waals surface area (Å²) in [7, 11) is 0. The van der Waals surface area contributed by atoms with Crippen LogP contribution in [-0.4, -0.2) is 17.4 Å². The van der Waals surface area contributed by atoms with Gasteiger partial charge in [-0.1, -0.05) is 6.92 Å². The predicted molar refractivity (Wildman–Crippen MR) is 53.8 cm³/mol. The second-order valence-corrected chi connectivity index (χ2v) is 4.02. The van der Waals surface area contributed by atoms with Gasteiger partial charge < -0.3 is 5.32 Å². The molecule has 1 aliphatic rings. The maximum absolute atomic E-state index is 13.1. The zero-order chi connectivity index (χ0) is 10.8. The zero-order valence-corrected chi connectivity index (χ0v) is 8.53. The molecule has 1 saturated carbocycles. The molecule has 2 rings (SSSR count). The van der Waals surface area contributed by atoms with Gasteiger partial charge in [0.05, 0.1) is 5.56 Å². The standard InChI is InChI=1S/C11H13FN2O/c1-7-5-8(7)6-14-11(15)9-3-2-4-13-10(9)12/h2-4,7-8H,5-6H2,1H3,(H,14,15). The predicted octanol–water partition coefficient (Wildman–Crippen LogP) is 1.61. The maximum Gasteiger partial charge on any atom is 0.255 e. The van der Waals surface area contributed by atoms with Gasteiger partial charge >= 0.3 is 0 Å². The minimum atomic E-state index is -0.709. The lowest BCUT2D eigenvalue weighted by atomic mass is 10.2. The van der Waals surface area contributed by atoms with Gasteiger partial charge in [-0.2, -0.15) is 4.39 Å². The van der Waals surface area contributed by atoms with Crippen LogP contribution >= 0.6 is 0 Å². The van der Waals surface area contributed by atoms with E-state index in [2.05, 4.69) is 17.2 Å². The number of halogens is 1. The number of nitrogens with zero attached hydrogens (tertiary/aromatic N) is 1. The minimum Gasteiger partial charge on any atom is -0.352 e. The second-order valence-electron chi connectivity index (χ2n) is 4.02. The Labute approximate surface area is 87.7 Å². The molecular weight excluding hydrogens is 195 g/mol. The first-order chi connectivity index (χ1) is 7.18. The van der Waals surface area contributed by atoms with Gasteiger partial charge in [0.25, 0.3) is 5.91 Å². The van der Waals surface area contributed by atoms with Crippen LogP contribution in [0.2, 0.25) is 0 Å². The number of carbonyl (C=O) groups excluding carboxylic acids is 1. The van der Waals surface area contributed by atoms with Gasteiger partial charge in [-0.3, -0.25) is 4.79 Å². The number of aromatic nitrogens is 1. The lowest BCUT2D eigenvalue weighted by Crippen LogP contribution is -2.27. The number of amides is 1. The zero-order valence-electron chi connectivity index (χ0n) is 8.53. The van der Waals surface area contributed by atoms with Crippen LogP contribution in [0.3, 0.4) is 0 Å². The monoisotopic (exact) mass is 208 g/mol. The van der Waals surface area contributed by atoms with E-state index in [-0.39, 0.29) is 11.5 Å². The average Bonchev–Trinajstić information content (AvgIpc) is 2.92. The van der Waals surface area contributed by atoms with Gasteiger partial charge in [0.2, 0.25) is 5.95 Å². The lowest BCUT2D eigenvalue weighted by molar-refractivity contribution is 0.0946. The summed E-state index contributed by atoms with van der Waals surface area (Å²) < 4.78 is 13.1. The Kier molecular flexibility index (Phi) is 2.66. The molecule has 0 spiro atoms. The molecule has 1 aromatic heterocycles. The van der Waals surface area contributed by atoms with Crippen molar-refractivity contribution in [3.63, 3.8) is 0 Å². The number of nitrogens with one attached hydrogen (secondary N) is 1. The van der Waals surface area contributed by atoms with E-state index in [0.717, 1.165) is 6.42 Å². The summed E-state index contributed by atoms with van der Waals surface area (Å²) >= 11 is 0. The molecule has 1 fully saturated rings. The maximum atomic E-state index is 13.1. The first kappa shape index (κ1) is 10.1. The molecule has 0 aromatic carbocycles. The molecule has 4 heteroatoms. The fraction of sp³-hybridized carbons (Fsp3) is 0.455. The van der Waals surface area contributed by atoms with Crippen LogP contribution in [0.15, 0.2) is 18.3 Å². The van der Waals surface area contributed by atoms with E-state index in [1.807, 2.05) is 0 Å². The summed E-state index contributed by atoms with van der Waals surface area (Å²) in [5, 5.41) is 2.71. The van der Waals surface area contributed by atoms with Crippen LogP contribution in [-0.2, 0) is 0 Å². The molecule has 3 nitrogen and oxygen atoms in total. The number of hydrogen-bond acceptors (Lipinski definition) is 2. The quantitative estimate of drug-likeness (QED) is 0.767. The average molecular weight is 208 g/mol. The van der Waals surface area contributed by atoms with Crippen molar-refractivity contribution in [1.29, 1.82) is 0 Å². The van der Waals surface area contributed by atoms with Crippen molar-refractivity contribution in [2.75, 3.05) is 6.54 Å². The van der Waals surface area contributed by atoms with Crippen LogP contribution in [0.1, 0.15) is 23.7 Å². The fourth-order valence-electron chi connectivity index (χ4n) is 1.56. The molecule has 1 N–H and O–H groups in total. The molecule has 0 bridgehead atoms. The third-order valence-electron chi connectivity index (χ3n) is 2.80. The minimum absolute atomic E-state index is 0.0193. The first-order valence-corrected chi connectivity index (χ1v) is 5.07. The summed E-state index contributed by atoms with van der Waals surface area (Å²) in [6, 6.07) is 2.99. The molecule has 0 aliphatic heterocycles. The van der Waals surface area contributed by atoms with Gasteiger partial charge in [-0.25, -0.2) is 4.98 Å². The Morgan fingerprint density at radius 2 is 2.47 bits per heavy atom. The van der Waals surface area contributed by atoms with Gasteiger partial charge in [0, 0.05) is 12.7 Å². The normalized spacial score (nSPS) is 23.6. The van der Waals surface area contributed by atoms with E-state index >= 15 is 0 Å². The smallest absolute Gasteiger partial charge is 0.255 e. The van der Waals surface area contributed by atoms with Gasteiger partial charge in [0.1, 0.15) is 0 Å². The van der Waals surface area contributed by atoms with E-state index in [1.165, 1.54) is 12.3 Å². The molecule has 15 heavy (non-hydrogen) atoms. The Bertz CT molecular complexity index is 381. The Balaban J connectivity index is 1.93. The number of hydrogen-bond donors (Lipinski definition) is 1. The van der Waals surface area contributed by atoms with Crippen molar-refractivity contribution in [2.45, 2.75) is 13.3 Å². The van der Waals surface area contributed by atoms with Crippen LogP contribution in [0.25, 0.3) is 0 Å². The number of carbonyl (C=O) groups is 1. The molecule has 2 atom stereocenters. The molecule has 1 amide bonds. The number of pyridine rings is 1. The summed E-state index contributed by atoms with van der Waals surface area (Å²) in [4.78, 5) is 14.9. The van der Waals surface area contributed by atoms with Crippen molar-refractivity contribution in [1.82, 2.24) is 10.3 Å². The van der Waals surface area contributed by atoms with Gasteiger partial charge in [-0.05, 0) is 30.4 Å². The van der Waals surface area contributed by atoms with Crippen LogP contribution in [0.4, 0.5) is 4.39 Å². The summed E-state index contributed by atoms with van der Waals surface area (Å²) in [5.74, 6) is 0.163. The molecule has 0 saturated heterocycles. The van der Waals surface area contributed by atoms with Crippen molar-refractivity contribution >= 4 is 5.91 Å². The van der Waals surface area contributed by atoms with Crippen LogP contribution in [0, 0.1) is 17.8 Å². The van der Waals surface area contributed by atoms with Crippen molar-refractivity contribution in [3.05, 3.63) is 29.8 Å². The van der Waals surface area contributed by atoms with E-state index in [0.29, 0.717) is 18.4 Å². The number of rotatable bonds is 3. The van der Waals surface area contributed by atoms with Gasteiger partial charge in [-0.15, -0.1) is 0 Å². The largest absolute Gasteiger partial charge is 0.352 e. The summed E-state index contributed by atoms with van der Waals surface area (Å²) in [6.07, 6.45) is 2.48.